The van der Waals surface area contributed by atoms with Gasteiger partial charge < -0.3 is 4.90 Å². The molecule has 0 aromatic heterocycles. The molecule has 0 aliphatic carbocycles. The molecule has 132 valence electrons. The van der Waals surface area contributed by atoms with Crippen LogP contribution in [-0.4, -0.2) is 16.8 Å². The third kappa shape index (κ3) is 2.95. The molecule has 2 aliphatic rings. The minimum atomic E-state index is -0.0660. The molecule has 0 unspecified atom stereocenters. The van der Waals surface area contributed by atoms with Gasteiger partial charge in [-0.1, -0.05) is 65.0 Å². The average Bonchev–Trinajstić information content (AvgIpc) is 3.12. The van der Waals surface area contributed by atoms with Crippen molar-refractivity contribution in [1.29, 1.82) is 0 Å². The summed E-state index contributed by atoms with van der Waals surface area (Å²) in [5.74, 6) is -0.0660. The number of rotatable bonds is 2. The van der Waals surface area contributed by atoms with E-state index in [-0.39, 0.29) is 5.91 Å². The number of nitrogens with zero attached hydrogens (tertiary/aromatic N) is 2. The van der Waals surface area contributed by atoms with E-state index in [9.17, 15) is 4.79 Å². The Bertz CT molecular complexity index is 956. The molecule has 0 saturated carbocycles. The minimum absolute atomic E-state index is 0.0660. The van der Waals surface area contributed by atoms with Crippen LogP contribution in [0.2, 0.25) is 5.02 Å². The first-order chi connectivity index (χ1) is 12.5. The molecule has 1 saturated heterocycles. The summed E-state index contributed by atoms with van der Waals surface area (Å²) >= 11 is 14.6. The van der Waals surface area contributed by atoms with Crippen LogP contribution in [0.4, 0.5) is 11.4 Å². The Morgan fingerprint density at radius 3 is 2.54 bits per heavy atom. The highest BCUT2D eigenvalue weighted by molar-refractivity contribution is 8.27. The minimum Gasteiger partial charge on any atom is -0.334 e. The van der Waals surface area contributed by atoms with Crippen molar-refractivity contribution in [3.05, 3.63) is 63.0 Å². The third-order valence-corrected chi connectivity index (χ3v) is 7.14. The molecule has 0 atom stereocenters. The van der Waals surface area contributed by atoms with Gasteiger partial charge in [0.1, 0.15) is 9.93 Å². The predicted molar refractivity (Wildman–Crippen MR) is 116 cm³/mol. The zero-order chi connectivity index (χ0) is 18.4. The first-order valence-electron chi connectivity index (χ1n) is 8.11. The van der Waals surface area contributed by atoms with Gasteiger partial charge in [0.15, 0.2) is 4.32 Å². The van der Waals surface area contributed by atoms with E-state index < -0.39 is 0 Å². The van der Waals surface area contributed by atoms with Crippen LogP contribution >= 0.6 is 47.3 Å². The van der Waals surface area contributed by atoms with Crippen molar-refractivity contribution in [2.75, 3.05) is 16.3 Å². The maximum Gasteiger partial charge on any atom is 0.273 e. The molecule has 1 amide bonds. The first kappa shape index (κ1) is 17.9. The number of thiocarbonyl (C=S) groups is 1. The molecule has 2 aromatic rings. The number of hydrogen-bond acceptors (Lipinski definition) is 5. The Hall–Kier alpha value is -1.47. The smallest absolute Gasteiger partial charge is 0.273 e. The Labute approximate surface area is 171 Å². The normalized spacial score (nSPS) is 19.5. The molecule has 26 heavy (non-hydrogen) atoms. The second-order valence-electron chi connectivity index (χ2n) is 5.94. The van der Waals surface area contributed by atoms with E-state index in [1.165, 1.54) is 11.8 Å². The van der Waals surface area contributed by atoms with Gasteiger partial charge in [0, 0.05) is 16.5 Å². The summed E-state index contributed by atoms with van der Waals surface area (Å²) in [6, 6.07) is 13.7. The second-order valence-corrected chi connectivity index (χ2v) is 9.05. The van der Waals surface area contributed by atoms with Gasteiger partial charge >= 0.3 is 0 Å². The summed E-state index contributed by atoms with van der Waals surface area (Å²) in [6.45, 7) is 4.84. The van der Waals surface area contributed by atoms with E-state index in [2.05, 4.69) is 11.8 Å². The monoisotopic (exact) mass is 418 g/mol. The molecule has 4 rings (SSSR count). The van der Waals surface area contributed by atoms with Crippen molar-refractivity contribution in [2.45, 2.75) is 18.7 Å². The van der Waals surface area contributed by atoms with Gasteiger partial charge in [-0.15, -0.1) is 0 Å². The lowest BCUT2D eigenvalue weighted by Gasteiger charge is -2.19. The first-order valence-corrected chi connectivity index (χ1v) is 10.5. The standard InChI is InChI=1S/C19H15ClN2OS3/c1-3-21-14-10-12(20)6-9-15(14)25-18(21)16-17(23)22(19(24)26-16)13-7-4-11(2)5-8-13/h4-10H,3H2,1-2H3. The molecule has 3 nitrogen and oxygen atoms in total. The zero-order valence-corrected chi connectivity index (χ0v) is 17.4. The van der Waals surface area contributed by atoms with Crippen LogP contribution in [0.25, 0.3) is 0 Å². The lowest BCUT2D eigenvalue weighted by Crippen LogP contribution is -2.28. The average molecular weight is 419 g/mol. The number of hydrogen-bond donors (Lipinski definition) is 0. The SMILES string of the molecule is CCN1C(=C2SC(=S)N(c3ccc(C)cc3)C2=O)Sc2ccc(Cl)cc21. The zero-order valence-electron chi connectivity index (χ0n) is 14.2. The van der Waals surface area contributed by atoms with E-state index in [0.717, 1.165) is 33.4 Å². The molecule has 2 aromatic carbocycles. The fourth-order valence-electron chi connectivity index (χ4n) is 2.95. The van der Waals surface area contributed by atoms with Crippen LogP contribution in [0.5, 0.6) is 0 Å². The number of aryl methyl sites for hydroxylation is 1. The van der Waals surface area contributed by atoms with Crippen molar-refractivity contribution in [3.8, 4) is 0 Å². The highest BCUT2D eigenvalue weighted by Crippen LogP contribution is 2.51. The van der Waals surface area contributed by atoms with Crippen LogP contribution in [0.3, 0.4) is 0 Å². The van der Waals surface area contributed by atoms with E-state index in [4.69, 9.17) is 23.8 Å². The number of halogens is 1. The van der Waals surface area contributed by atoms with Gasteiger partial charge in [-0.2, -0.15) is 0 Å². The van der Waals surface area contributed by atoms with Gasteiger partial charge in [0.05, 0.1) is 11.4 Å². The lowest BCUT2D eigenvalue weighted by molar-refractivity contribution is -0.113. The van der Waals surface area contributed by atoms with E-state index in [1.807, 2.05) is 49.4 Å². The van der Waals surface area contributed by atoms with Gasteiger partial charge in [-0.3, -0.25) is 9.69 Å². The Kier molecular flexibility index (Phi) is 4.77. The Morgan fingerprint density at radius 1 is 1.12 bits per heavy atom. The quantitative estimate of drug-likeness (QED) is 0.452. The van der Waals surface area contributed by atoms with Gasteiger partial charge in [-0.05, 0) is 44.2 Å². The van der Waals surface area contributed by atoms with Gasteiger partial charge in [0.2, 0.25) is 0 Å². The number of fused-ring (bicyclic) bond motifs is 1. The number of amides is 1. The highest BCUT2D eigenvalue weighted by atomic mass is 35.5. The number of benzene rings is 2. The Balaban J connectivity index is 1.75. The Morgan fingerprint density at radius 2 is 1.85 bits per heavy atom. The van der Waals surface area contributed by atoms with Crippen LogP contribution in [0.1, 0.15) is 12.5 Å². The fraction of sp³-hybridized carbons (Fsp3) is 0.158. The number of carbonyl (C=O) groups excluding carboxylic acids is 1. The van der Waals surface area contributed by atoms with Gasteiger partial charge in [0.25, 0.3) is 5.91 Å². The largest absolute Gasteiger partial charge is 0.334 e. The molecule has 1 fully saturated rings. The molecule has 7 heteroatoms. The maximum absolute atomic E-state index is 13.2. The molecule has 0 radical (unpaired) electrons. The summed E-state index contributed by atoms with van der Waals surface area (Å²) in [7, 11) is 0. The van der Waals surface area contributed by atoms with Crippen LogP contribution in [0.15, 0.2) is 57.3 Å². The highest BCUT2D eigenvalue weighted by Gasteiger charge is 2.39. The summed E-state index contributed by atoms with van der Waals surface area (Å²) in [5, 5.41) is 1.62. The van der Waals surface area contributed by atoms with E-state index >= 15 is 0 Å². The summed E-state index contributed by atoms with van der Waals surface area (Å²) in [5.41, 5.74) is 2.99. The van der Waals surface area contributed by atoms with Crippen LogP contribution in [0, 0.1) is 6.92 Å². The van der Waals surface area contributed by atoms with E-state index in [1.54, 1.807) is 16.7 Å². The topological polar surface area (TPSA) is 23.6 Å². The molecule has 2 aliphatic heterocycles. The summed E-state index contributed by atoms with van der Waals surface area (Å²) in [4.78, 5) is 18.7. The molecule has 0 N–H and O–H groups in total. The fourth-order valence-corrected chi connectivity index (χ4v) is 5.77. The van der Waals surface area contributed by atoms with E-state index in [0.29, 0.717) is 14.2 Å². The second kappa shape index (κ2) is 6.93. The number of anilines is 2. The van der Waals surface area contributed by atoms with Crippen LogP contribution < -0.4 is 9.80 Å². The number of carbonyl (C=O) groups is 1. The lowest BCUT2D eigenvalue weighted by atomic mass is 10.2. The number of thioether (sulfide) groups is 2. The van der Waals surface area contributed by atoms with Crippen molar-refractivity contribution < 1.29 is 4.79 Å². The third-order valence-electron chi connectivity index (χ3n) is 4.24. The molecular weight excluding hydrogens is 404 g/mol. The van der Waals surface area contributed by atoms with Crippen molar-refractivity contribution in [3.63, 3.8) is 0 Å². The predicted octanol–water partition coefficient (Wildman–Crippen LogP) is 5.81. The van der Waals surface area contributed by atoms with Gasteiger partial charge in [-0.25, -0.2) is 0 Å². The summed E-state index contributed by atoms with van der Waals surface area (Å²) < 4.78 is 0.562. The maximum atomic E-state index is 13.2. The molecule has 0 bridgehead atoms. The molecular formula is C19H15ClN2OS3. The summed E-state index contributed by atoms with van der Waals surface area (Å²) in [6.07, 6.45) is 0. The molecule has 0 spiro atoms. The van der Waals surface area contributed by atoms with Crippen molar-refractivity contribution in [2.24, 2.45) is 0 Å². The molecule has 2 heterocycles. The van der Waals surface area contributed by atoms with Crippen LogP contribution in [-0.2, 0) is 4.79 Å². The van der Waals surface area contributed by atoms with Crippen molar-refractivity contribution in [1.82, 2.24) is 0 Å². The van der Waals surface area contributed by atoms with Crippen molar-refractivity contribution >= 4 is 68.9 Å².